The van der Waals surface area contributed by atoms with Crippen molar-refractivity contribution in [3.63, 3.8) is 0 Å². The lowest BCUT2D eigenvalue weighted by Gasteiger charge is -2.13. The molecule has 4 rings (SSSR count). The van der Waals surface area contributed by atoms with Crippen LogP contribution in [0.15, 0.2) is 66.7 Å². The van der Waals surface area contributed by atoms with E-state index < -0.39 is 26.0 Å². The van der Waals surface area contributed by atoms with Gasteiger partial charge < -0.3 is 9.29 Å². The average Bonchev–Trinajstić information content (AvgIpc) is 2.75. The van der Waals surface area contributed by atoms with Crippen LogP contribution >= 0.6 is 0 Å². The maximum Gasteiger partial charge on any atom is 0.264 e. The summed E-state index contributed by atoms with van der Waals surface area (Å²) < 4.78 is 69.6. The summed E-state index contributed by atoms with van der Waals surface area (Å²) in [4.78, 5) is 4.79. The summed E-state index contributed by atoms with van der Waals surface area (Å²) in [6.45, 7) is 0.141. The van der Waals surface area contributed by atoms with Gasteiger partial charge in [0.15, 0.2) is 0 Å². The standard InChI is InChI=1S/C23H21NO7S2/c25-32(26,27)13-3-12-31-18-9-7-17(8-10-18)23-20-11-6-16(15-33(28,29)30)14-21(20)19-4-1-2-5-22(19)24-23/h1-2,4-11,14H,3,12-13,15H2,(H,25,26,27)(H,28,29,30)/p-1. The Morgan fingerprint density at radius 3 is 2.30 bits per heavy atom. The monoisotopic (exact) mass is 486 g/mol. The van der Waals surface area contributed by atoms with Crippen LogP contribution in [0.25, 0.3) is 32.9 Å². The summed E-state index contributed by atoms with van der Waals surface area (Å²) in [5.41, 5.74) is 2.64. The highest BCUT2D eigenvalue weighted by Crippen LogP contribution is 2.34. The number of hydrogen-bond acceptors (Lipinski definition) is 7. The molecule has 4 aromatic rings. The van der Waals surface area contributed by atoms with E-state index in [0.29, 0.717) is 17.0 Å². The Morgan fingerprint density at radius 2 is 1.61 bits per heavy atom. The van der Waals surface area contributed by atoms with Gasteiger partial charge in [-0.3, -0.25) is 4.55 Å². The number of aromatic nitrogens is 1. The van der Waals surface area contributed by atoms with Crippen LogP contribution in [-0.4, -0.2) is 43.3 Å². The van der Waals surface area contributed by atoms with E-state index in [4.69, 9.17) is 14.3 Å². The van der Waals surface area contributed by atoms with Gasteiger partial charge in [-0.25, -0.2) is 13.4 Å². The molecule has 33 heavy (non-hydrogen) atoms. The van der Waals surface area contributed by atoms with E-state index in [1.165, 1.54) is 0 Å². The Balaban J connectivity index is 1.69. The van der Waals surface area contributed by atoms with Crippen LogP contribution in [0.3, 0.4) is 0 Å². The van der Waals surface area contributed by atoms with Gasteiger partial charge in [0.1, 0.15) is 5.75 Å². The number of fused-ring (bicyclic) bond motifs is 3. The van der Waals surface area contributed by atoms with Crippen molar-refractivity contribution in [3.05, 3.63) is 72.3 Å². The number of benzene rings is 3. The fourth-order valence-electron chi connectivity index (χ4n) is 3.65. The Kier molecular flexibility index (Phi) is 6.35. The van der Waals surface area contributed by atoms with Gasteiger partial charge in [-0.05, 0) is 53.8 Å². The molecule has 0 saturated carbocycles. The SMILES string of the molecule is O=S(=O)([O-])Cc1ccc2c(-c3ccc(OCCCS(=O)(=O)O)cc3)nc3ccccc3c2c1. The van der Waals surface area contributed by atoms with E-state index in [9.17, 15) is 21.4 Å². The molecule has 0 saturated heterocycles. The molecular formula is C23H20NO7S2-. The number of ether oxygens (including phenoxy) is 1. The zero-order chi connectivity index (χ0) is 23.6. The van der Waals surface area contributed by atoms with E-state index >= 15 is 0 Å². The maximum absolute atomic E-state index is 11.2. The molecule has 10 heteroatoms. The van der Waals surface area contributed by atoms with Crippen molar-refractivity contribution >= 4 is 41.9 Å². The number of nitrogens with zero attached hydrogens (tertiary/aromatic N) is 1. The van der Waals surface area contributed by atoms with Crippen LogP contribution in [0.4, 0.5) is 0 Å². The highest BCUT2D eigenvalue weighted by atomic mass is 32.2. The topological polar surface area (TPSA) is 134 Å². The normalized spacial score (nSPS) is 12.3. The summed E-state index contributed by atoms with van der Waals surface area (Å²) in [5.74, 6) is -0.408. The smallest absolute Gasteiger partial charge is 0.264 e. The van der Waals surface area contributed by atoms with Gasteiger partial charge in [-0.2, -0.15) is 8.42 Å². The molecule has 3 aromatic carbocycles. The molecule has 0 amide bonds. The predicted molar refractivity (Wildman–Crippen MR) is 125 cm³/mol. The zero-order valence-corrected chi connectivity index (χ0v) is 19.0. The van der Waals surface area contributed by atoms with E-state index in [-0.39, 0.29) is 18.8 Å². The first-order valence-electron chi connectivity index (χ1n) is 10.0. The number of hydrogen-bond donors (Lipinski definition) is 1. The molecule has 1 aromatic heterocycles. The van der Waals surface area contributed by atoms with E-state index in [2.05, 4.69) is 0 Å². The van der Waals surface area contributed by atoms with Crippen molar-refractivity contribution in [2.75, 3.05) is 12.4 Å². The molecular weight excluding hydrogens is 466 g/mol. The molecule has 1 N–H and O–H groups in total. The summed E-state index contributed by atoms with van der Waals surface area (Å²) in [7, 11) is -8.42. The average molecular weight is 487 g/mol. The molecule has 8 nitrogen and oxygen atoms in total. The molecule has 0 unspecified atom stereocenters. The molecule has 0 atom stereocenters. The van der Waals surface area contributed by atoms with E-state index in [1.54, 1.807) is 30.3 Å². The summed E-state index contributed by atoms with van der Waals surface area (Å²) >= 11 is 0. The molecule has 0 fully saturated rings. The third-order valence-electron chi connectivity index (χ3n) is 5.05. The first-order chi connectivity index (χ1) is 15.6. The third-order valence-corrected chi connectivity index (χ3v) is 6.54. The van der Waals surface area contributed by atoms with Crippen LogP contribution in [0.5, 0.6) is 5.75 Å². The van der Waals surface area contributed by atoms with Crippen LogP contribution in [0.1, 0.15) is 12.0 Å². The van der Waals surface area contributed by atoms with E-state index in [1.807, 2.05) is 36.4 Å². The minimum atomic E-state index is -4.41. The van der Waals surface area contributed by atoms with Crippen LogP contribution in [0, 0.1) is 0 Å². The molecule has 0 aliphatic heterocycles. The largest absolute Gasteiger partial charge is 0.748 e. The fourth-order valence-corrected chi connectivity index (χ4v) is 4.73. The van der Waals surface area contributed by atoms with Gasteiger partial charge in [0, 0.05) is 16.3 Å². The van der Waals surface area contributed by atoms with Crippen molar-refractivity contribution < 1.29 is 30.7 Å². The number of pyridine rings is 1. The highest BCUT2D eigenvalue weighted by Gasteiger charge is 2.12. The fraction of sp³-hybridized carbons (Fsp3) is 0.174. The lowest BCUT2D eigenvalue weighted by Crippen LogP contribution is -2.08. The molecule has 0 aliphatic carbocycles. The molecule has 0 bridgehead atoms. The molecule has 0 aliphatic rings. The maximum atomic E-state index is 11.2. The van der Waals surface area contributed by atoms with Crippen molar-refractivity contribution in [2.24, 2.45) is 0 Å². The van der Waals surface area contributed by atoms with Crippen molar-refractivity contribution in [3.8, 4) is 17.0 Å². The Morgan fingerprint density at radius 1 is 0.879 bits per heavy atom. The van der Waals surface area contributed by atoms with Gasteiger partial charge in [-0.15, -0.1) is 0 Å². The highest BCUT2D eigenvalue weighted by molar-refractivity contribution is 7.85. The molecule has 172 valence electrons. The van der Waals surface area contributed by atoms with Gasteiger partial charge in [0.25, 0.3) is 10.1 Å². The van der Waals surface area contributed by atoms with E-state index in [0.717, 1.165) is 27.2 Å². The third kappa shape index (κ3) is 5.85. The van der Waals surface area contributed by atoms with Crippen molar-refractivity contribution in [2.45, 2.75) is 12.2 Å². The molecule has 0 spiro atoms. The number of rotatable bonds is 8. The van der Waals surface area contributed by atoms with Gasteiger partial charge in [0.05, 0.1) is 39.4 Å². The number of para-hydroxylation sites is 1. The minimum absolute atomic E-state index is 0.141. The van der Waals surface area contributed by atoms with Crippen molar-refractivity contribution in [1.29, 1.82) is 0 Å². The predicted octanol–water partition coefficient (Wildman–Crippen LogP) is 3.76. The second kappa shape index (κ2) is 9.06. The minimum Gasteiger partial charge on any atom is -0.748 e. The Hall–Kier alpha value is -3.05. The quantitative estimate of drug-likeness (QED) is 0.226. The first kappa shape index (κ1) is 23.1. The van der Waals surface area contributed by atoms with Gasteiger partial charge in [-0.1, -0.05) is 30.3 Å². The molecule has 1 heterocycles. The summed E-state index contributed by atoms with van der Waals surface area (Å²) in [6, 6.07) is 19.7. The van der Waals surface area contributed by atoms with Crippen LogP contribution in [-0.2, 0) is 26.0 Å². The zero-order valence-electron chi connectivity index (χ0n) is 17.3. The van der Waals surface area contributed by atoms with Crippen LogP contribution < -0.4 is 4.74 Å². The second-order valence-corrected chi connectivity index (χ2v) is 10.5. The Labute approximate surface area is 191 Å². The summed E-state index contributed by atoms with van der Waals surface area (Å²) in [5, 5.41) is 2.45. The first-order valence-corrected chi connectivity index (χ1v) is 13.2. The lowest BCUT2D eigenvalue weighted by atomic mass is 9.98. The van der Waals surface area contributed by atoms with Crippen molar-refractivity contribution in [1.82, 2.24) is 4.98 Å². The Bertz CT molecular complexity index is 1530. The van der Waals surface area contributed by atoms with Gasteiger partial charge in [0.2, 0.25) is 0 Å². The van der Waals surface area contributed by atoms with Gasteiger partial charge >= 0.3 is 0 Å². The lowest BCUT2D eigenvalue weighted by molar-refractivity contribution is 0.316. The summed E-state index contributed by atoms with van der Waals surface area (Å²) in [6.07, 6.45) is 0.166. The molecule has 0 radical (unpaired) electrons. The second-order valence-electron chi connectivity index (χ2n) is 7.57. The van der Waals surface area contributed by atoms with Crippen LogP contribution in [0.2, 0.25) is 0 Å².